The number of aldehydes is 2. The number of ether oxygens (including phenoxy) is 2. The molecule has 0 aliphatic rings. The average molecular weight is 424 g/mol. The number of likely N-dealkylation sites (N-methyl/N-ethyl adjacent to an activating group) is 1. The molecule has 6 nitrogen and oxygen atoms in total. The first-order valence-electron chi connectivity index (χ1n) is 9.92. The molecule has 164 valence electrons. The van der Waals surface area contributed by atoms with Gasteiger partial charge < -0.3 is 14.6 Å². The summed E-state index contributed by atoms with van der Waals surface area (Å²) in [5.74, 6) is 1.21. The average Bonchev–Trinajstić information content (AvgIpc) is 2.78. The number of carbonyl (C=O) groups excluding carboxylic acids is 2. The number of hydrogen-bond acceptors (Lipinski definition) is 6. The topological polar surface area (TPSA) is 76.1 Å². The fourth-order valence-electron chi connectivity index (χ4n) is 3.43. The van der Waals surface area contributed by atoms with Gasteiger partial charge in [-0.15, -0.1) is 0 Å². The number of allylic oxidation sites excluding steroid dienone is 3. The van der Waals surface area contributed by atoms with E-state index < -0.39 is 0 Å². The molecule has 31 heavy (non-hydrogen) atoms. The minimum absolute atomic E-state index is 0.0464. The quantitative estimate of drug-likeness (QED) is 0.340. The van der Waals surface area contributed by atoms with Gasteiger partial charge in [0.1, 0.15) is 17.8 Å². The van der Waals surface area contributed by atoms with Gasteiger partial charge in [0.2, 0.25) is 0 Å². The summed E-state index contributed by atoms with van der Waals surface area (Å²) in [4.78, 5) is 25.5. The summed E-state index contributed by atoms with van der Waals surface area (Å²) in [7, 11) is 5.03. The molecule has 2 rings (SSSR count). The van der Waals surface area contributed by atoms with Gasteiger partial charge in [-0.25, -0.2) is 0 Å². The Morgan fingerprint density at radius 1 is 1.10 bits per heavy atom. The van der Waals surface area contributed by atoms with Crippen molar-refractivity contribution in [2.75, 3.05) is 34.4 Å². The second-order valence-corrected chi connectivity index (χ2v) is 7.08. The second kappa shape index (κ2) is 11.8. The van der Waals surface area contributed by atoms with Crippen LogP contribution in [-0.4, -0.2) is 57.0 Å². The second-order valence-electron chi connectivity index (χ2n) is 7.08. The van der Waals surface area contributed by atoms with E-state index in [9.17, 15) is 14.7 Å². The van der Waals surface area contributed by atoms with Crippen LogP contribution in [0.3, 0.4) is 0 Å². The lowest BCUT2D eigenvalue weighted by Gasteiger charge is -2.22. The standard InChI is InChI=1S/C25H29NO5/c1-18-9-10-22(25(31-4)23(18)16-26(2)12-14-28)21(11-13-27)20(17-29)15-19-7-5-6-8-24(19)30-3/h5-11,13,15,17,28H,12,14,16H2,1-4H3/b20-15+,21-11-. The predicted molar refractivity (Wildman–Crippen MR) is 122 cm³/mol. The first kappa shape index (κ1) is 24.1. The molecule has 0 bridgehead atoms. The molecule has 0 saturated carbocycles. The molecule has 1 N–H and O–H groups in total. The summed E-state index contributed by atoms with van der Waals surface area (Å²) in [5, 5.41) is 9.23. The number of aryl methyl sites for hydroxylation is 1. The van der Waals surface area contributed by atoms with Gasteiger partial charge in [0, 0.05) is 35.4 Å². The molecule has 2 aromatic rings. The van der Waals surface area contributed by atoms with Crippen LogP contribution in [-0.2, 0) is 16.1 Å². The zero-order valence-corrected chi connectivity index (χ0v) is 18.4. The molecule has 0 atom stereocenters. The van der Waals surface area contributed by atoms with Crippen LogP contribution in [0.15, 0.2) is 48.0 Å². The zero-order chi connectivity index (χ0) is 22.8. The molecule has 0 aromatic heterocycles. The molecular formula is C25H29NO5. The van der Waals surface area contributed by atoms with Crippen molar-refractivity contribution in [1.29, 1.82) is 0 Å². The highest BCUT2D eigenvalue weighted by atomic mass is 16.5. The number of benzene rings is 2. The molecule has 0 amide bonds. The molecule has 0 saturated heterocycles. The third-order valence-corrected chi connectivity index (χ3v) is 5.02. The lowest BCUT2D eigenvalue weighted by Crippen LogP contribution is -2.22. The number of carbonyl (C=O) groups is 2. The Kier molecular flexibility index (Phi) is 9.18. The third kappa shape index (κ3) is 5.90. The van der Waals surface area contributed by atoms with E-state index >= 15 is 0 Å². The Balaban J connectivity index is 2.65. The summed E-state index contributed by atoms with van der Waals surface area (Å²) in [6.45, 7) is 3.08. The maximum absolute atomic E-state index is 12.1. The number of aliphatic hydroxyl groups is 1. The maximum atomic E-state index is 12.1. The van der Waals surface area contributed by atoms with Crippen molar-refractivity contribution in [1.82, 2.24) is 4.90 Å². The van der Waals surface area contributed by atoms with Gasteiger partial charge in [0.25, 0.3) is 0 Å². The molecule has 0 unspecified atom stereocenters. The van der Waals surface area contributed by atoms with Crippen molar-refractivity contribution in [3.63, 3.8) is 0 Å². The van der Waals surface area contributed by atoms with Gasteiger partial charge in [0.05, 0.1) is 20.8 Å². The Bertz CT molecular complexity index is 978. The molecule has 0 aliphatic carbocycles. The van der Waals surface area contributed by atoms with Crippen LogP contribution in [0.2, 0.25) is 0 Å². The molecule has 6 heteroatoms. The van der Waals surface area contributed by atoms with Gasteiger partial charge in [0.15, 0.2) is 6.29 Å². The van der Waals surface area contributed by atoms with Gasteiger partial charge in [-0.05, 0) is 43.3 Å². The van der Waals surface area contributed by atoms with E-state index in [0.29, 0.717) is 47.6 Å². The summed E-state index contributed by atoms with van der Waals surface area (Å²) < 4.78 is 11.1. The normalized spacial score (nSPS) is 12.1. The first-order chi connectivity index (χ1) is 15.0. The summed E-state index contributed by atoms with van der Waals surface area (Å²) >= 11 is 0. The predicted octanol–water partition coefficient (Wildman–Crippen LogP) is 3.30. The number of methoxy groups -OCH3 is 2. The number of nitrogens with zero attached hydrogens (tertiary/aromatic N) is 1. The van der Waals surface area contributed by atoms with Crippen LogP contribution in [0.25, 0.3) is 11.6 Å². The minimum atomic E-state index is 0.0464. The third-order valence-electron chi connectivity index (χ3n) is 5.02. The first-order valence-corrected chi connectivity index (χ1v) is 9.92. The molecule has 0 spiro atoms. The van der Waals surface area contributed by atoms with Crippen molar-refractivity contribution in [3.05, 3.63) is 70.3 Å². The molecule has 0 fully saturated rings. The Labute approximate surface area is 183 Å². The van der Waals surface area contributed by atoms with Crippen molar-refractivity contribution in [2.24, 2.45) is 0 Å². The van der Waals surface area contributed by atoms with Crippen molar-refractivity contribution in [3.8, 4) is 11.5 Å². The highest BCUT2D eigenvalue weighted by Gasteiger charge is 2.19. The van der Waals surface area contributed by atoms with Crippen LogP contribution in [0, 0.1) is 6.92 Å². The SMILES string of the molecule is COc1ccccc1/C=C(C=O)/C(=C/C=O)c1ccc(C)c(CN(C)CCO)c1OC. The Morgan fingerprint density at radius 2 is 1.84 bits per heavy atom. The van der Waals surface area contributed by atoms with Crippen molar-refractivity contribution in [2.45, 2.75) is 13.5 Å². The van der Waals surface area contributed by atoms with E-state index in [1.54, 1.807) is 26.4 Å². The zero-order valence-electron chi connectivity index (χ0n) is 18.4. The molecule has 0 heterocycles. The van der Waals surface area contributed by atoms with E-state index in [2.05, 4.69) is 0 Å². The Hall–Kier alpha value is -3.22. The van der Waals surface area contributed by atoms with Gasteiger partial charge in [-0.3, -0.25) is 14.5 Å². The number of hydrogen-bond donors (Lipinski definition) is 1. The number of aliphatic hydroxyl groups excluding tert-OH is 1. The summed E-state index contributed by atoms with van der Waals surface area (Å²) in [6, 6.07) is 11.1. The van der Waals surface area contributed by atoms with Crippen molar-refractivity contribution >= 4 is 24.2 Å². The van der Waals surface area contributed by atoms with E-state index in [4.69, 9.17) is 9.47 Å². The molecule has 0 aliphatic heterocycles. The molecular weight excluding hydrogens is 394 g/mol. The lowest BCUT2D eigenvalue weighted by atomic mass is 9.92. The monoisotopic (exact) mass is 423 g/mol. The largest absolute Gasteiger partial charge is 0.496 e. The van der Waals surface area contributed by atoms with Crippen molar-refractivity contribution < 1.29 is 24.2 Å². The van der Waals surface area contributed by atoms with E-state index in [0.717, 1.165) is 23.0 Å². The highest BCUT2D eigenvalue weighted by molar-refractivity contribution is 6.07. The minimum Gasteiger partial charge on any atom is -0.496 e. The fraction of sp³-hybridized carbons (Fsp3) is 0.280. The van der Waals surface area contributed by atoms with E-state index in [-0.39, 0.29) is 6.61 Å². The molecule has 2 aromatic carbocycles. The summed E-state index contributed by atoms with van der Waals surface area (Å²) in [6.07, 6.45) is 4.44. The van der Waals surface area contributed by atoms with Gasteiger partial charge in [-0.1, -0.05) is 30.3 Å². The molecule has 0 radical (unpaired) electrons. The number of rotatable bonds is 11. The van der Waals surface area contributed by atoms with E-state index in [1.165, 1.54) is 6.08 Å². The van der Waals surface area contributed by atoms with Crippen LogP contribution < -0.4 is 9.47 Å². The maximum Gasteiger partial charge on any atom is 0.150 e. The van der Waals surface area contributed by atoms with Crippen LogP contribution in [0.4, 0.5) is 0 Å². The number of para-hydroxylation sites is 1. The lowest BCUT2D eigenvalue weighted by molar-refractivity contribution is -0.104. The van der Waals surface area contributed by atoms with E-state index in [1.807, 2.05) is 49.2 Å². The van der Waals surface area contributed by atoms with Gasteiger partial charge in [-0.2, -0.15) is 0 Å². The highest BCUT2D eigenvalue weighted by Crippen LogP contribution is 2.36. The van der Waals surface area contributed by atoms with Crippen LogP contribution in [0.5, 0.6) is 11.5 Å². The van der Waals surface area contributed by atoms with Crippen LogP contribution >= 0.6 is 0 Å². The summed E-state index contributed by atoms with van der Waals surface area (Å²) in [5.41, 5.74) is 4.08. The Morgan fingerprint density at radius 3 is 2.45 bits per heavy atom. The van der Waals surface area contributed by atoms with Gasteiger partial charge >= 0.3 is 0 Å². The van der Waals surface area contributed by atoms with Crippen LogP contribution in [0.1, 0.15) is 22.3 Å². The smallest absolute Gasteiger partial charge is 0.150 e. The fourth-order valence-corrected chi connectivity index (χ4v) is 3.43.